The summed E-state index contributed by atoms with van der Waals surface area (Å²) < 4.78 is 0. The minimum absolute atomic E-state index is 0.370. The van der Waals surface area contributed by atoms with Crippen molar-refractivity contribution in [3.05, 3.63) is 0 Å². The predicted octanol–water partition coefficient (Wildman–Crippen LogP) is -0.0874. The second-order valence-electron chi connectivity index (χ2n) is 2.66. The van der Waals surface area contributed by atoms with Gasteiger partial charge in [0.15, 0.2) is 5.60 Å². The molecule has 0 aliphatic rings. The molecule has 0 rings (SSSR count). The fourth-order valence-electron chi connectivity index (χ4n) is 0.781. The number of aliphatic hydroxyl groups is 1. The summed E-state index contributed by atoms with van der Waals surface area (Å²) in [5, 5.41) is 27.6. The number of hydrogen-bond donors (Lipinski definition) is 3. The third kappa shape index (κ3) is 2.46. The molecular weight excluding hydrogens is 196 g/mol. The molecule has 3 N–H and O–H groups in total. The maximum Gasteiger partial charge on any atom is 0.336 e. The molecule has 13 heavy (non-hydrogen) atoms. The zero-order chi connectivity index (χ0) is 10.6. The summed E-state index contributed by atoms with van der Waals surface area (Å²) in [6.45, 7) is 1.12. The molecule has 0 amide bonds. The maximum absolute atomic E-state index is 10.6. The lowest BCUT2D eigenvalue weighted by Crippen LogP contribution is -2.48. The van der Waals surface area contributed by atoms with E-state index in [-0.39, 0.29) is 6.42 Å². The second-order valence-corrected chi connectivity index (χ2v) is 2.99. The van der Waals surface area contributed by atoms with Crippen molar-refractivity contribution in [3.8, 4) is 0 Å². The van der Waals surface area contributed by atoms with E-state index in [2.05, 4.69) is 12.2 Å². The molecule has 5 nitrogen and oxygen atoms in total. The molecule has 2 atom stereocenters. The highest BCUT2D eigenvalue weighted by molar-refractivity contribution is 7.78. The number of thiocarbonyl (C=S) groups is 1. The zero-order valence-corrected chi connectivity index (χ0v) is 7.74. The van der Waals surface area contributed by atoms with E-state index in [1.165, 1.54) is 0 Å². The van der Waals surface area contributed by atoms with Gasteiger partial charge in [-0.2, -0.15) is 0 Å². The highest BCUT2D eigenvalue weighted by atomic mass is 32.1. The van der Waals surface area contributed by atoms with E-state index >= 15 is 0 Å². The van der Waals surface area contributed by atoms with Crippen LogP contribution in [-0.2, 0) is 9.59 Å². The van der Waals surface area contributed by atoms with Crippen LogP contribution < -0.4 is 0 Å². The van der Waals surface area contributed by atoms with Gasteiger partial charge in [-0.1, -0.05) is 12.2 Å². The van der Waals surface area contributed by atoms with Gasteiger partial charge in [-0.05, 0) is 12.3 Å². The summed E-state index contributed by atoms with van der Waals surface area (Å²) in [4.78, 5) is 21.0. The van der Waals surface area contributed by atoms with Crippen molar-refractivity contribution in [3.63, 3.8) is 0 Å². The molecule has 2 unspecified atom stereocenters. The van der Waals surface area contributed by atoms with Crippen molar-refractivity contribution < 1.29 is 24.9 Å². The smallest absolute Gasteiger partial charge is 0.336 e. The Hall–Kier alpha value is -1.01. The molecule has 0 radical (unpaired) electrons. The molecule has 0 heterocycles. The first kappa shape index (κ1) is 12.0. The number of carboxylic acids is 2. The van der Waals surface area contributed by atoms with Gasteiger partial charge in [-0.25, -0.2) is 4.79 Å². The minimum Gasteiger partial charge on any atom is -0.481 e. The summed E-state index contributed by atoms with van der Waals surface area (Å²) in [5.74, 6) is -4.35. The number of carbonyl (C=O) groups is 2. The molecule has 0 bridgehead atoms. The number of hydrogen-bond acceptors (Lipinski definition) is 4. The van der Waals surface area contributed by atoms with Crippen LogP contribution in [0.15, 0.2) is 0 Å². The van der Waals surface area contributed by atoms with Gasteiger partial charge in [-0.3, -0.25) is 4.79 Å². The maximum atomic E-state index is 10.6. The predicted molar refractivity (Wildman–Crippen MR) is 47.7 cm³/mol. The van der Waals surface area contributed by atoms with Crippen LogP contribution in [0, 0.1) is 5.92 Å². The Balaban J connectivity index is 4.87. The van der Waals surface area contributed by atoms with Crippen LogP contribution in [0.2, 0.25) is 0 Å². The number of carboxylic acid groups (broad SMARTS) is 2. The Labute approximate surface area is 80.0 Å². The topological polar surface area (TPSA) is 94.8 Å². The van der Waals surface area contributed by atoms with Gasteiger partial charge in [0, 0.05) is 6.42 Å². The van der Waals surface area contributed by atoms with Gasteiger partial charge < -0.3 is 15.3 Å². The summed E-state index contributed by atoms with van der Waals surface area (Å²) in [6, 6.07) is 0. The van der Waals surface area contributed by atoms with Gasteiger partial charge in [0.25, 0.3) is 0 Å². The van der Waals surface area contributed by atoms with Crippen molar-refractivity contribution in [1.82, 2.24) is 0 Å². The van der Waals surface area contributed by atoms with Gasteiger partial charge in [0.1, 0.15) is 0 Å². The second kappa shape index (κ2) is 4.29. The standard InChI is InChI=1S/C7H10O5S/c1-4(5(8)9)7(12,2-3-13)6(10)11/h3-4,12H,2H2,1H3,(H,8,9)(H,10,11). The molecule has 6 heteroatoms. The molecule has 0 aromatic rings. The quantitative estimate of drug-likeness (QED) is 0.544. The van der Waals surface area contributed by atoms with E-state index in [0.717, 1.165) is 12.3 Å². The molecule has 0 saturated heterocycles. The molecule has 74 valence electrons. The molecule has 0 aliphatic heterocycles. The number of aliphatic carboxylic acids is 2. The van der Waals surface area contributed by atoms with Gasteiger partial charge in [-0.15, -0.1) is 0 Å². The Morgan fingerprint density at radius 2 is 2.00 bits per heavy atom. The average molecular weight is 206 g/mol. The first-order valence-corrected chi connectivity index (χ1v) is 3.95. The Morgan fingerprint density at radius 1 is 1.54 bits per heavy atom. The Kier molecular flexibility index (Phi) is 3.96. The lowest BCUT2D eigenvalue weighted by Gasteiger charge is -2.25. The van der Waals surface area contributed by atoms with Crippen molar-refractivity contribution in [1.29, 1.82) is 0 Å². The van der Waals surface area contributed by atoms with Crippen LogP contribution >= 0.6 is 12.2 Å². The molecule has 0 aromatic heterocycles. The van der Waals surface area contributed by atoms with Crippen LogP contribution in [0.1, 0.15) is 13.3 Å². The fraction of sp³-hybridized carbons (Fsp3) is 0.571. The van der Waals surface area contributed by atoms with Gasteiger partial charge in [0.2, 0.25) is 0 Å². The SMILES string of the molecule is CC(C(=O)O)C(O)(CC=S)C(=O)O. The van der Waals surface area contributed by atoms with E-state index in [9.17, 15) is 14.7 Å². The van der Waals surface area contributed by atoms with Crippen LogP contribution in [0.25, 0.3) is 0 Å². The van der Waals surface area contributed by atoms with Crippen LogP contribution in [-0.4, -0.2) is 38.2 Å². The Morgan fingerprint density at radius 3 is 2.23 bits per heavy atom. The van der Waals surface area contributed by atoms with Gasteiger partial charge in [0.05, 0.1) is 5.92 Å². The van der Waals surface area contributed by atoms with E-state index in [1.54, 1.807) is 0 Å². The highest BCUT2D eigenvalue weighted by Crippen LogP contribution is 2.21. The monoisotopic (exact) mass is 206 g/mol. The molecular formula is C7H10O5S. The lowest BCUT2D eigenvalue weighted by atomic mass is 9.86. The molecule has 0 spiro atoms. The zero-order valence-electron chi connectivity index (χ0n) is 6.93. The fourth-order valence-corrected chi connectivity index (χ4v) is 1.03. The molecule has 0 saturated carbocycles. The summed E-state index contributed by atoms with van der Waals surface area (Å²) >= 11 is 4.38. The normalized spacial score (nSPS) is 17.1. The van der Waals surface area contributed by atoms with Crippen LogP contribution in [0.4, 0.5) is 0 Å². The van der Waals surface area contributed by atoms with E-state index < -0.39 is 23.5 Å². The van der Waals surface area contributed by atoms with Crippen LogP contribution in [0.3, 0.4) is 0 Å². The first-order chi connectivity index (χ1) is 5.86. The summed E-state index contributed by atoms with van der Waals surface area (Å²) in [6.07, 6.45) is -0.370. The van der Waals surface area contributed by atoms with Crippen molar-refractivity contribution in [2.45, 2.75) is 18.9 Å². The minimum atomic E-state index is -2.31. The average Bonchev–Trinajstić information content (AvgIpc) is 2.02. The third-order valence-electron chi connectivity index (χ3n) is 1.85. The van der Waals surface area contributed by atoms with Crippen molar-refractivity contribution in [2.75, 3.05) is 0 Å². The third-order valence-corrected chi connectivity index (χ3v) is 2.02. The largest absolute Gasteiger partial charge is 0.481 e. The molecule has 0 aromatic carbocycles. The summed E-state index contributed by atoms with van der Waals surface area (Å²) in [7, 11) is 0. The van der Waals surface area contributed by atoms with Crippen molar-refractivity contribution >= 4 is 29.5 Å². The Bertz CT molecular complexity index is 239. The van der Waals surface area contributed by atoms with E-state index in [0.29, 0.717) is 0 Å². The number of rotatable bonds is 5. The lowest BCUT2D eigenvalue weighted by molar-refractivity contribution is -0.172. The summed E-state index contributed by atoms with van der Waals surface area (Å²) in [5.41, 5.74) is -2.31. The van der Waals surface area contributed by atoms with Crippen molar-refractivity contribution in [2.24, 2.45) is 5.92 Å². The molecule has 0 aliphatic carbocycles. The first-order valence-electron chi connectivity index (χ1n) is 3.48. The van der Waals surface area contributed by atoms with E-state index in [1.807, 2.05) is 0 Å². The van der Waals surface area contributed by atoms with Gasteiger partial charge >= 0.3 is 11.9 Å². The molecule has 0 fully saturated rings. The van der Waals surface area contributed by atoms with Crippen LogP contribution in [0.5, 0.6) is 0 Å². The highest BCUT2D eigenvalue weighted by Gasteiger charge is 2.44. The van der Waals surface area contributed by atoms with E-state index in [4.69, 9.17) is 10.2 Å².